The molecule has 0 radical (unpaired) electrons. The van der Waals surface area contributed by atoms with Crippen LogP contribution >= 0.6 is 0 Å². The Kier molecular flexibility index (Phi) is 5.16. The minimum atomic E-state index is 0.812. The largest absolute Gasteiger partial charge is 0.369 e. The Bertz CT molecular complexity index is 468. The minimum absolute atomic E-state index is 0.812. The lowest BCUT2D eigenvalue weighted by Crippen LogP contribution is -2.09. The van der Waals surface area contributed by atoms with Crippen LogP contribution in [0.2, 0.25) is 0 Å². The Balaban J connectivity index is 1.73. The van der Waals surface area contributed by atoms with Gasteiger partial charge in [0.05, 0.1) is 18.7 Å². The van der Waals surface area contributed by atoms with E-state index in [-0.39, 0.29) is 0 Å². The van der Waals surface area contributed by atoms with Gasteiger partial charge in [-0.2, -0.15) is 0 Å². The van der Waals surface area contributed by atoms with Gasteiger partial charge >= 0.3 is 0 Å². The van der Waals surface area contributed by atoms with Crippen LogP contribution in [0.15, 0.2) is 31.1 Å². The molecule has 0 aliphatic rings. The van der Waals surface area contributed by atoms with Crippen molar-refractivity contribution < 1.29 is 0 Å². The molecule has 19 heavy (non-hydrogen) atoms. The van der Waals surface area contributed by atoms with Crippen molar-refractivity contribution in [3.05, 3.63) is 31.1 Å². The zero-order chi connectivity index (χ0) is 13.3. The van der Waals surface area contributed by atoms with Crippen molar-refractivity contribution in [3.63, 3.8) is 0 Å². The number of nitrogens with one attached hydrogen (secondary N) is 2. The van der Waals surface area contributed by atoms with Gasteiger partial charge in [0, 0.05) is 32.0 Å². The molecule has 6 heteroatoms. The van der Waals surface area contributed by atoms with Crippen molar-refractivity contribution >= 4 is 11.6 Å². The maximum atomic E-state index is 4.44. The van der Waals surface area contributed by atoms with E-state index in [2.05, 4.69) is 37.1 Å². The van der Waals surface area contributed by atoms with Crippen molar-refractivity contribution in [2.75, 3.05) is 23.7 Å². The first-order valence-electron chi connectivity index (χ1n) is 6.64. The van der Waals surface area contributed by atoms with Gasteiger partial charge in [-0.15, -0.1) is 0 Å². The molecule has 2 heterocycles. The van der Waals surface area contributed by atoms with Gasteiger partial charge in [0.1, 0.15) is 11.6 Å². The summed E-state index contributed by atoms with van der Waals surface area (Å²) in [5, 5.41) is 6.50. The van der Waals surface area contributed by atoms with Crippen molar-refractivity contribution in [2.45, 2.75) is 26.3 Å². The normalized spacial score (nSPS) is 10.4. The molecule has 2 N–H and O–H groups in total. The lowest BCUT2D eigenvalue weighted by molar-refractivity contribution is 0.660. The molecule has 0 fully saturated rings. The van der Waals surface area contributed by atoms with Crippen LogP contribution in [0.4, 0.5) is 11.6 Å². The third-order valence-corrected chi connectivity index (χ3v) is 2.65. The highest BCUT2D eigenvalue weighted by Gasteiger charge is 1.97. The van der Waals surface area contributed by atoms with E-state index in [1.54, 1.807) is 18.6 Å². The second-order valence-electron chi connectivity index (χ2n) is 4.30. The number of imidazole rings is 1. The average molecular weight is 260 g/mol. The van der Waals surface area contributed by atoms with Gasteiger partial charge in [-0.25, -0.2) is 9.97 Å². The topological polar surface area (TPSA) is 67.7 Å². The van der Waals surface area contributed by atoms with Gasteiger partial charge < -0.3 is 15.2 Å². The van der Waals surface area contributed by atoms with E-state index < -0.39 is 0 Å². The van der Waals surface area contributed by atoms with Crippen LogP contribution in [0.3, 0.4) is 0 Å². The molecule has 0 spiro atoms. The Morgan fingerprint density at radius 3 is 2.58 bits per heavy atom. The van der Waals surface area contributed by atoms with Crippen LogP contribution in [0, 0.1) is 0 Å². The molecule has 2 rings (SSSR count). The third-order valence-electron chi connectivity index (χ3n) is 2.65. The van der Waals surface area contributed by atoms with E-state index in [0.717, 1.165) is 44.1 Å². The maximum Gasteiger partial charge on any atom is 0.146 e. The number of aromatic nitrogens is 4. The molecule has 0 aromatic carbocycles. The average Bonchev–Trinajstić information content (AvgIpc) is 2.95. The summed E-state index contributed by atoms with van der Waals surface area (Å²) in [5.41, 5.74) is 0. The quantitative estimate of drug-likeness (QED) is 0.711. The van der Waals surface area contributed by atoms with Crippen LogP contribution in [0.1, 0.15) is 19.8 Å². The molecule has 0 aliphatic carbocycles. The molecular weight excluding hydrogens is 240 g/mol. The molecule has 2 aromatic heterocycles. The van der Waals surface area contributed by atoms with E-state index in [9.17, 15) is 0 Å². The zero-order valence-corrected chi connectivity index (χ0v) is 11.2. The van der Waals surface area contributed by atoms with Crippen LogP contribution in [-0.2, 0) is 6.54 Å². The standard InChI is InChI=1S/C13H20N6/c1-2-4-16-12-9-15-10-13(18-12)17-5-3-7-19-8-6-14-11-19/h6,8-11H,2-5,7H2,1H3,(H2,16,17,18). The molecule has 0 amide bonds. The summed E-state index contributed by atoms with van der Waals surface area (Å²) in [6.45, 7) is 4.86. The monoisotopic (exact) mass is 260 g/mol. The van der Waals surface area contributed by atoms with E-state index in [4.69, 9.17) is 0 Å². The fourth-order valence-corrected chi connectivity index (χ4v) is 1.69. The van der Waals surface area contributed by atoms with Crippen molar-refractivity contribution in [1.29, 1.82) is 0 Å². The van der Waals surface area contributed by atoms with Crippen molar-refractivity contribution in [1.82, 2.24) is 19.5 Å². The predicted octanol–water partition coefficient (Wildman–Crippen LogP) is 2.00. The maximum absolute atomic E-state index is 4.44. The number of hydrogen-bond acceptors (Lipinski definition) is 5. The van der Waals surface area contributed by atoms with Crippen LogP contribution < -0.4 is 10.6 Å². The third kappa shape index (κ3) is 4.57. The van der Waals surface area contributed by atoms with Crippen molar-refractivity contribution in [3.8, 4) is 0 Å². The molecule has 0 saturated heterocycles. The number of aryl methyl sites for hydroxylation is 1. The SMILES string of the molecule is CCCNc1cncc(NCCCn2ccnc2)n1. The van der Waals surface area contributed by atoms with Gasteiger partial charge in [0.15, 0.2) is 0 Å². The summed E-state index contributed by atoms with van der Waals surface area (Å²) >= 11 is 0. The van der Waals surface area contributed by atoms with E-state index in [1.807, 2.05) is 12.5 Å². The molecule has 0 atom stereocenters. The highest BCUT2D eigenvalue weighted by atomic mass is 15.1. The zero-order valence-electron chi connectivity index (χ0n) is 11.2. The number of anilines is 2. The Morgan fingerprint density at radius 2 is 1.89 bits per heavy atom. The molecule has 6 nitrogen and oxygen atoms in total. The lowest BCUT2D eigenvalue weighted by atomic mass is 10.4. The second kappa shape index (κ2) is 7.35. The van der Waals surface area contributed by atoms with Crippen LogP contribution in [0.5, 0.6) is 0 Å². The fourth-order valence-electron chi connectivity index (χ4n) is 1.69. The minimum Gasteiger partial charge on any atom is -0.369 e. The van der Waals surface area contributed by atoms with Gasteiger partial charge in [-0.1, -0.05) is 6.92 Å². The van der Waals surface area contributed by atoms with Crippen LogP contribution in [-0.4, -0.2) is 32.6 Å². The first kappa shape index (κ1) is 13.3. The summed E-state index contributed by atoms with van der Waals surface area (Å²) < 4.78 is 2.06. The Hall–Kier alpha value is -2.11. The highest BCUT2D eigenvalue weighted by molar-refractivity contribution is 5.41. The van der Waals surface area contributed by atoms with Gasteiger partial charge in [-0.3, -0.25) is 4.98 Å². The highest BCUT2D eigenvalue weighted by Crippen LogP contribution is 2.06. The number of rotatable bonds is 8. The number of hydrogen-bond donors (Lipinski definition) is 2. The summed E-state index contributed by atoms with van der Waals surface area (Å²) in [6.07, 6.45) is 11.2. The molecule has 0 unspecified atom stereocenters. The van der Waals surface area contributed by atoms with E-state index in [0.29, 0.717) is 0 Å². The molecule has 0 bridgehead atoms. The van der Waals surface area contributed by atoms with E-state index >= 15 is 0 Å². The van der Waals surface area contributed by atoms with Gasteiger partial charge in [0.2, 0.25) is 0 Å². The molecule has 102 valence electrons. The molecular formula is C13H20N6. The predicted molar refractivity (Wildman–Crippen MR) is 76.1 cm³/mol. The second-order valence-corrected chi connectivity index (χ2v) is 4.30. The fraction of sp³-hybridized carbons (Fsp3) is 0.462. The summed E-state index contributed by atoms with van der Waals surface area (Å²) in [4.78, 5) is 12.6. The lowest BCUT2D eigenvalue weighted by Gasteiger charge is -2.08. The van der Waals surface area contributed by atoms with Gasteiger partial charge in [0.25, 0.3) is 0 Å². The summed E-state index contributed by atoms with van der Waals surface area (Å²) in [5.74, 6) is 1.63. The Morgan fingerprint density at radius 1 is 1.11 bits per heavy atom. The first-order chi connectivity index (χ1) is 9.38. The molecule has 0 aliphatic heterocycles. The summed E-state index contributed by atoms with van der Waals surface area (Å²) in [6, 6.07) is 0. The Labute approximate surface area is 113 Å². The van der Waals surface area contributed by atoms with Gasteiger partial charge in [-0.05, 0) is 12.8 Å². The number of nitrogens with zero attached hydrogens (tertiary/aromatic N) is 4. The smallest absolute Gasteiger partial charge is 0.146 e. The first-order valence-corrected chi connectivity index (χ1v) is 6.64. The van der Waals surface area contributed by atoms with Crippen LogP contribution in [0.25, 0.3) is 0 Å². The molecule has 2 aromatic rings. The van der Waals surface area contributed by atoms with Crippen molar-refractivity contribution in [2.24, 2.45) is 0 Å². The van der Waals surface area contributed by atoms with E-state index in [1.165, 1.54) is 0 Å². The molecule has 0 saturated carbocycles. The summed E-state index contributed by atoms with van der Waals surface area (Å²) in [7, 11) is 0.